The molecule has 0 saturated carbocycles. The van der Waals surface area contributed by atoms with E-state index in [1.165, 1.54) is 44.9 Å². The highest BCUT2D eigenvalue weighted by Gasteiger charge is 2.27. The van der Waals surface area contributed by atoms with Gasteiger partial charge >= 0.3 is 0 Å². The predicted molar refractivity (Wildman–Crippen MR) is 100 cm³/mol. The van der Waals surface area contributed by atoms with Crippen LogP contribution < -0.4 is 4.74 Å². The molecule has 162 valence electrons. The third-order valence-electron chi connectivity index (χ3n) is 4.59. The highest BCUT2D eigenvalue weighted by atomic mass is 32.2. The molecule has 1 rings (SSSR count). The van der Waals surface area contributed by atoms with E-state index in [1.807, 2.05) is 0 Å². The zero-order chi connectivity index (χ0) is 20.9. The van der Waals surface area contributed by atoms with Gasteiger partial charge in [0.1, 0.15) is 4.90 Å². The quantitative estimate of drug-likeness (QED) is 0.138. The van der Waals surface area contributed by atoms with Gasteiger partial charge in [-0.2, -0.15) is 8.78 Å². The molecule has 0 aromatic heterocycles. The third-order valence-corrected chi connectivity index (χ3v) is 5.29. The smallest absolute Gasteiger partial charge is 0.205 e. The van der Waals surface area contributed by atoms with E-state index in [4.69, 9.17) is 4.74 Å². The van der Waals surface area contributed by atoms with E-state index in [2.05, 4.69) is 6.92 Å². The van der Waals surface area contributed by atoms with Crippen LogP contribution in [0.5, 0.6) is 5.75 Å². The van der Waals surface area contributed by atoms with Crippen molar-refractivity contribution in [2.75, 3.05) is 6.61 Å². The van der Waals surface area contributed by atoms with Crippen LogP contribution in [0.4, 0.5) is 17.6 Å². The van der Waals surface area contributed by atoms with Crippen molar-refractivity contribution in [2.24, 2.45) is 0 Å². The van der Waals surface area contributed by atoms with Crippen molar-refractivity contribution in [3.8, 4) is 5.75 Å². The van der Waals surface area contributed by atoms with Crippen molar-refractivity contribution < 1.29 is 31.1 Å². The molecule has 0 saturated heterocycles. The molecule has 0 N–H and O–H groups in total. The second-order valence-corrected chi connectivity index (χ2v) is 7.76. The molecule has 8 heteroatoms. The van der Waals surface area contributed by atoms with Crippen LogP contribution in [-0.4, -0.2) is 15.4 Å². The highest BCUT2D eigenvalue weighted by Crippen LogP contribution is 2.31. The zero-order valence-electron chi connectivity index (χ0n) is 16.3. The van der Waals surface area contributed by atoms with E-state index in [0.29, 0.717) is 6.42 Å². The number of rotatable bonds is 15. The van der Waals surface area contributed by atoms with Crippen molar-refractivity contribution in [1.82, 2.24) is 0 Å². The Morgan fingerprint density at radius 1 is 0.714 bits per heavy atom. The SMILES string of the molecule is CCCCCCCCCCCCCCOc1c(F)c(F)c(S(=O)[O-])c(F)c1F. The fourth-order valence-corrected chi connectivity index (χ4v) is 3.45. The van der Waals surface area contributed by atoms with Crippen molar-refractivity contribution in [3.63, 3.8) is 0 Å². The average Bonchev–Trinajstić information content (AvgIpc) is 2.66. The molecule has 0 aliphatic rings. The van der Waals surface area contributed by atoms with Gasteiger partial charge in [-0.15, -0.1) is 0 Å². The Kier molecular flexibility index (Phi) is 12.4. The maximum absolute atomic E-state index is 13.7. The minimum atomic E-state index is -3.43. The van der Waals surface area contributed by atoms with Crippen molar-refractivity contribution in [1.29, 1.82) is 0 Å². The number of halogens is 4. The molecule has 0 aliphatic carbocycles. The molecular formula is C20H29F4O3S-. The second-order valence-electron chi connectivity index (χ2n) is 6.89. The normalized spacial score (nSPS) is 12.4. The molecule has 0 aliphatic heterocycles. The Morgan fingerprint density at radius 2 is 1.11 bits per heavy atom. The molecule has 3 nitrogen and oxygen atoms in total. The van der Waals surface area contributed by atoms with Gasteiger partial charge in [-0.1, -0.05) is 77.6 Å². The van der Waals surface area contributed by atoms with Crippen molar-refractivity contribution in [3.05, 3.63) is 23.3 Å². The molecule has 1 aromatic carbocycles. The summed E-state index contributed by atoms with van der Waals surface area (Å²) in [6.45, 7) is 2.09. The van der Waals surface area contributed by atoms with Gasteiger partial charge in [0.15, 0.2) is 17.4 Å². The molecular weight excluding hydrogens is 396 g/mol. The average molecular weight is 426 g/mol. The molecule has 1 aromatic rings. The molecule has 28 heavy (non-hydrogen) atoms. The first kappa shape index (κ1) is 24.9. The summed E-state index contributed by atoms with van der Waals surface area (Å²) in [5.41, 5.74) is 0. The summed E-state index contributed by atoms with van der Waals surface area (Å²) in [5.74, 6) is -8.84. The molecule has 0 heterocycles. The van der Waals surface area contributed by atoms with Gasteiger partial charge in [-0.3, -0.25) is 4.21 Å². The first-order valence-electron chi connectivity index (χ1n) is 9.99. The van der Waals surface area contributed by atoms with Crippen LogP contribution >= 0.6 is 0 Å². The van der Waals surface area contributed by atoms with Crippen molar-refractivity contribution >= 4 is 11.1 Å². The predicted octanol–water partition coefficient (Wildman–Crippen LogP) is 6.56. The maximum atomic E-state index is 13.7. The summed E-state index contributed by atoms with van der Waals surface area (Å²) in [5, 5.41) is 0. The number of ether oxygens (including phenoxy) is 1. The fraction of sp³-hybridized carbons (Fsp3) is 0.700. The summed E-state index contributed by atoms with van der Waals surface area (Å²) in [4.78, 5) is -1.66. The van der Waals surface area contributed by atoms with Crippen LogP contribution in [0, 0.1) is 23.3 Å². The van der Waals surface area contributed by atoms with Crippen LogP contribution in [0.2, 0.25) is 0 Å². The van der Waals surface area contributed by atoms with E-state index in [-0.39, 0.29) is 6.61 Å². The third kappa shape index (κ3) is 8.07. The lowest BCUT2D eigenvalue weighted by molar-refractivity contribution is 0.259. The summed E-state index contributed by atoms with van der Waals surface area (Å²) < 4.78 is 80.8. The van der Waals surface area contributed by atoms with Gasteiger partial charge in [0.25, 0.3) is 0 Å². The van der Waals surface area contributed by atoms with Gasteiger partial charge in [0.05, 0.1) is 6.61 Å². The minimum Gasteiger partial charge on any atom is -0.768 e. The largest absolute Gasteiger partial charge is 0.768 e. The van der Waals surface area contributed by atoms with Crippen molar-refractivity contribution in [2.45, 2.75) is 88.9 Å². The lowest BCUT2D eigenvalue weighted by Crippen LogP contribution is -2.10. The molecule has 0 spiro atoms. The topological polar surface area (TPSA) is 49.4 Å². The lowest BCUT2D eigenvalue weighted by atomic mass is 10.1. The van der Waals surface area contributed by atoms with E-state index in [1.54, 1.807) is 0 Å². The molecule has 1 atom stereocenters. The van der Waals surface area contributed by atoms with Crippen LogP contribution in [0.1, 0.15) is 84.0 Å². The molecule has 0 fully saturated rings. The van der Waals surface area contributed by atoms with Crippen LogP contribution in [0.25, 0.3) is 0 Å². The molecule has 0 bridgehead atoms. The Hall–Kier alpha value is -1.15. The number of benzene rings is 1. The molecule has 0 radical (unpaired) electrons. The Bertz CT molecular complexity index is 597. The van der Waals surface area contributed by atoms with Gasteiger partial charge in [-0.05, 0) is 17.5 Å². The van der Waals surface area contributed by atoms with Crippen LogP contribution in [0.15, 0.2) is 4.90 Å². The van der Waals surface area contributed by atoms with E-state index in [9.17, 15) is 26.3 Å². The van der Waals surface area contributed by atoms with Gasteiger partial charge < -0.3 is 9.29 Å². The van der Waals surface area contributed by atoms with Gasteiger partial charge in [-0.25, -0.2) is 8.78 Å². The number of hydrogen-bond acceptors (Lipinski definition) is 3. The minimum absolute atomic E-state index is 0.107. The summed E-state index contributed by atoms with van der Waals surface area (Å²) in [6.07, 6.45) is 13.3. The standard InChI is InChI=1S/C20H30F4O3S/c1-2-3-4-5-6-7-8-9-10-11-12-13-14-27-19-15(21)17(23)20(28(25)26)18(24)16(19)22/h2-14H2,1H3,(H,25,26)/p-1. The maximum Gasteiger partial charge on any atom is 0.205 e. The van der Waals surface area contributed by atoms with Gasteiger partial charge in [0, 0.05) is 0 Å². The summed E-state index contributed by atoms with van der Waals surface area (Å²) in [7, 11) is 0. The Morgan fingerprint density at radius 3 is 1.50 bits per heavy atom. The first-order valence-corrected chi connectivity index (χ1v) is 11.1. The summed E-state index contributed by atoms with van der Waals surface area (Å²) in [6, 6.07) is 0. The van der Waals surface area contributed by atoms with E-state index >= 15 is 0 Å². The fourth-order valence-electron chi connectivity index (χ4n) is 2.98. The van der Waals surface area contributed by atoms with E-state index < -0.39 is 45.0 Å². The molecule has 0 amide bonds. The molecule has 1 unspecified atom stereocenters. The second kappa shape index (κ2) is 13.9. The van der Waals surface area contributed by atoms with Crippen LogP contribution in [0.3, 0.4) is 0 Å². The monoisotopic (exact) mass is 425 g/mol. The number of unbranched alkanes of at least 4 members (excludes halogenated alkanes) is 11. The highest BCUT2D eigenvalue weighted by molar-refractivity contribution is 7.79. The lowest BCUT2D eigenvalue weighted by Gasteiger charge is -2.14. The van der Waals surface area contributed by atoms with E-state index in [0.717, 1.165) is 25.7 Å². The zero-order valence-corrected chi connectivity index (χ0v) is 17.2. The van der Waals surface area contributed by atoms with Crippen LogP contribution in [-0.2, 0) is 11.1 Å². The first-order chi connectivity index (χ1) is 13.4. The summed E-state index contributed by atoms with van der Waals surface area (Å²) >= 11 is -3.43. The van der Waals surface area contributed by atoms with Gasteiger partial charge in [0.2, 0.25) is 11.6 Å². The number of hydrogen-bond donors (Lipinski definition) is 0. The Balaban J connectivity index is 2.23. The Labute approximate surface area is 167 Å².